The quantitative estimate of drug-likeness (QED) is 0.0471. The van der Waals surface area contributed by atoms with Gasteiger partial charge < -0.3 is 10.4 Å². The highest BCUT2D eigenvalue weighted by Crippen LogP contribution is 2.18. The number of nitrogens with zero attached hydrogens (tertiary/aromatic N) is 2. The second-order valence-corrected chi connectivity index (χ2v) is 24.1. The van der Waals surface area contributed by atoms with Crippen LogP contribution in [0.15, 0.2) is 0 Å². The molecular formula is C69H144N2O2. The predicted octanol–water partition coefficient (Wildman–Crippen LogP) is 25.2. The van der Waals surface area contributed by atoms with Gasteiger partial charge in [0.25, 0.3) is 0 Å². The van der Waals surface area contributed by atoms with Gasteiger partial charge in [-0.1, -0.05) is 394 Å². The van der Waals surface area contributed by atoms with Crippen molar-refractivity contribution in [1.29, 1.82) is 0 Å². The smallest absolute Gasteiger partial charge is 0.0238 e. The third kappa shape index (κ3) is 73.9. The molecule has 0 bridgehead atoms. The molecule has 442 valence electrons. The molecule has 0 aromatic carbocycles. The van der Waals surface area contributed by atoms with Crippen molar-refractivity contribution in [2.75, 3.05) is 26.2 Å². The van der Waals surface area contributed by atoms with Crippen LogP contribution in [0.4, 0.5) is 0 Å². The van der Waals surface area contributed by atoms with Gasteiger partial charge in [-0.05, 0) is 25.7 Å². The zero-order valence-corrected chi connectivity index (χ0v) is 51.8. The Balaban J connectivity index is 0. The van der Waals surface area contributed by atoms with Crippen LogP contribution in [0.3, 0.4) is 0 Å². The zero-order valence-electron chi connectivity index (χ0n) is 51.8. The van der Waals surface area contributed by atoms with Gasteiger partial charge in [-0.15, -0.1) is 0 Å². The molecule has 4 nitrogen and oxygen atoms in total. The van der Waals surface area contributed by atoms with E-state index in [1.807, 2.05) is 0 Å². The summed E-state index contributed by atoms with van der Waals surface area (Å²) in [5, 5.41) is 23.4. The van der Waals surface area contributed by atoms with Gasteiger partial charge in [-0.25, -0.2) is 0 Å². The number of hydrogen-bond donors (Lipinski definition) is 2. The highest BCUT2D eigenvalue weighted by atomic mass is 16.5. The van der Waals surface area contributed by atoms with Gasteiger partial charge in [0.15, 0.2) is 0 Å². The van der Waals surface area contributed by atoms with Gasteiger partial charge >= 0.3 is 0 Å². The minimum atomic E-state index is 0.872. The highest BCUT2D eigenvalue weighted by Gasteiger charge is 2.04. The van der Waals surface area contributed by atoms with E-state index in [9.17, 15) is 10.4 Å². The normalized spacial score (nSPS) is 11.7. The number of unbranched alkanes of at least 4 members (excludes halogenated alkanes) is 57. The van der Waals surface area contributed by atoms with Gasteiger partial charge in [0.1, 0.15) is 0 Å². The standard InChI is InChI=1S/C35H73NO.C34H71NO/c1-3-5-7-9-11-13-15-17-19-21-23-25-27-29-31-33-35-36(37)34-32-30-28-26-24-22-20-18-16-14-12-10-8-6-4-2;1-3-5-7-9-11-13-15-17-19-20-22-24-26-28-30-32-34-35(36)33-31-29-27-25-23-21-18-16-14-12-10-8-6-4-2/h37H,3-35H2,1-2H3;36H,3-34H2,1-2H3. The Kier molecular flexibility index (Phi) is 73.7. The average Bonchev–Trinajstić information content (AvgIpc) is 3.39. The Bertz CT molecular complexity index is 900. The third-order valence-electron chi connectivity index (χ3n) is 16.3. The molecule has 0 rings (SSSR count). The minimum Gasteiger partial charge on any atom is -0.314 e. The summed E-state index contributed by atoms with van der Waals surface area (Å²) in [4.78, 5) is 0. The van der Waals surface area contributed by atoms with Crippen LogP contribution >= 0.6 is 0 Å². The molecule has 0 heterocycles. The molecule has 0 spiro atoms. The molecule has 73 heavy (non-hydrogen) atoms. The van der Waals surface area contributed by atoms with E-state index in [4.69, 9.17) is 0 Å². The number of rotatable bonds is 65. The van der Waals surface area contributed by atoms with Crippen molar-refractivity contribution in [3.8, 4) is 0 Å². The lowest BCUT2D eigenvalue weighted by atomic mass is 10.0. The molecule has 4 heteroatoms. The minimum absolute atomic E-state index is 0.872. The van der Waals surface area contributed by atoms with E-state index < -0.39 is 0 Å². The first-order valence-corrected chi connectivity index (χ1v) is 35.0. The molecule has 0 saturated heterocycles. The Morgan fingerprint density at radius 3 is 0.315 bits per heavy atom. The lowest BCUT2D eigenvalue weighted by Crippen LogP contribution is -2.21. The molecule has 2 N–H and O–H groups in total. The van der Waals surface area contributed by atoms with E-state index in [2.05, 4.69) is 27.7 Å². The number of hydrogen-bond acceptors (Lipinski definition) is 4. The van der Waals surface area contributed by atoms with Crippen LogP contribution in [0.1, 0.15) is 419 Å². The lowest BCUT2D eigenvalue weighted by molar-refractivity contribution is -0.0926. The first-order chi connectivity index (χ1) is 36.1. The summed E-state index contributed by atoms with van der Waals surface area (Å²) >= 11 is 0. The molecule has 0 aliphatic rings. The molecule has 0 atom stereocenters. The topological polar surface area (TPSA) is 46.9 Å². The van der Waals surface area contributed by atoms with Crippen LogP contribution in [-0.2, 0) is 0 Å². The Labute approximate surface area is 464 Å². The van der Waals surface area contributed by atoms with Crippen LogP contribution in [0.25, 0.3) is 0 Å². The van der Waals surface area contributed by atoms with Gasteiger partial charge in [-0.2, -0.15) is 10.1 Å². The monoisotopic (exact) mass is 1030 g/mol. The maximum atomic E-state index is 10.1. The molecule has 0 amide bonds. The second kappa shape index (κ2) is 71.8. The molecule has 0 unspecified atom stereocenters. The van der Waals surface area contributed by atoms with Crippen molar-refractivity contribution in [3.63, 3.8) is 0 Å². The summed E-state index contributed by atoms with van der Waals surface area (Å²) in [7, 11) is 0. The van der Waals surface area contributed by atoms with Gasteiger partial charge in [-0.3, -0.25) is 0 Å². The molecule has 0 aromatic heterocycles. The third-order valence-corrected chi connectivity index (χ3v) is 16.3. The zero-order chi connectivity index (χ0) is 53.1. The van der Waals surface area contributed by atoms with Crippen molar-refractivity contribution in [1.82, 2.24) is 10.1 Å². The fourth-order valence-electron chi connectivity index (χ4n) is 11.1. The largest absolute Gasteiger partial charge is 0.314 e. The Hall–Kier alpha value is -0.160. The maximum Gasteiger partial charge on any atom is 0.0238 e. The van der Waals surface area contributed by atoms with Crippen molar-refractivity contribution in [2.45, 2.75) is 419 Å². The number of hydroxylamine groups is 4. The van der Waals surface area contributed by atoms with E-state index in [0.717, 1.165) is 51.9 Å². The molecule has 0 aromatic rings. The van der Waals surface area contributed by atoms with Gasteiger partial charge in [0, 0.05) is 26.2 Å². The SMILES string of the molecule is CCCCCCCCCCCCCCCCCCN(O)CCCCCCCCCCCCCCCC.CCCCCCCCCCCCCCCCCCN(O)CCCCCCCCCCCCCCCCC. The van der Waals surface area contributed by atoms with Crippen LogP contribution in [-0.4, -0.2) is 46.7 Å². The van der Waals surface area contributed by atoms with Crippen LogP contribution < -0.4 is 0 Å². The first kappa shape index (κ1) is 74.9. The van der Waals surface area contributed by atoms with Crippen molar-refractivity contribution in [2.24, 2.45) is 0 Å². The molecule has 0 aliphatic heterocycles. The van der Waals surface area contributed by atoms with Crippen LogP contribution in [0.5, 0.6) is 0 Å². The summed E-state index contributed by atoms with van der Waals surface area (Å²) in [5.74, 6) is 0. The van der Waals surface area contributed by atoms with Crippen molar-refractivity contribution < 1.29 is 10.4 Å². The fraction of sp³-hybridized carbons (Fsp3) is 1.00. The summed E-state index contributed by atoms with van der Waals surface area (Å²) in [5.41, 5.74) is 0. The highest BCUT2D eigenvalue weighted by molar-refractivity contribution is 4.57. The van der Waals surface area contributed by atoms with Gasteiger partial charge in [0.05, 0.1) is 0 Å². The summed E-state index contributed by atoms with van der Waals surface area (Å²) in [6.45, 7) is 12.7. The molecule has 0 fully saturated rings. The summed E-state index contributed by atoms with van der Waals surface area (Å²) < 4.78 is 0. The molecular weight excluding hydrogens is 889 g/mol. The van der Waals surface area contributed by atoms with E-state index in [1.165, 1.54) is 366 Å². The molecule has 0 aliphatic carbocycles. The Morgan fingerprint density at radius 2 is 0.219 bits per heavy atom. The summed E-state index contributed by atoms with van der Waals surface area (Å²) in [6, 6.07) is 0. The molecule has 0 saturated carbocycles. The lowest BCUT2D eigenvalue weighted by Gasteiger charge is -2.14. The average molecular weight is 1030 g/mol. The van der Waals surface area contributed by atoms with Crippen molar-refractivity contribution >= 4 is 0 Å². The van der Waals surface area contributed by atoms with E-state index >= 15 is 0 Å². The maximum absolute atomic E-state index is 10.1. The second-order valence-electron chi connectivity index (χ2n) is 24.1. The first-order valence-electron chi connectivity index (χ1n) is 35.0. The van der Waals surface area contributed by atoms with Crippen LogP contribution in [0.2, 0.25) is 0 Å². The van der Waals surface area contributed by atoms with Gasteiger partial charge in [0.2, 0.25) is 0 Å². The van der Waals surface area contributed by atoms with E-state index in [0.29, 0.717) is 0 Å². The van der Waals surface area contributed by atoms with E-state index in [-0.39, 0.29) is 0 Å². The van der Waals surface area contributed by atoms with Crippen LogP contribution in [0, 0.1) is 0 Å². The molecule has 0 radical (unpaired) electrons. The van der Waals surface area contributed by atoms with Crippen molar-refractivity contribution in [3.05, 3.63) is 0 Å². The fourth-order valence-corrected chi connectivity index (χ4v) is 11.1. The predicted molar refractivity (Wildman–Crippen MR) is 331 cm³/mol. The van der Waals surface area contributed by atoms with E-state index in [1.54, 1.807) is 10.1 Å². The Morgan fingerprint density at radius 1 is 0.137 bits per heavy atom. The summed E-state index contributed by atoms with van der Waals surface area (Å²) in [6.07, 6.45) is 85.5.